The Labute approximate surface area is 206 Å². The maximum Gasteiger partial charge on any atom is 0.314 e. The molecule has 1 fully saturated rings. The van der Waals surface area contributed by atoms with Crippen molar-refractivity contribution in [1.29, 1.82) is 0 Å². The average molecular weight is 520 g/mol. The van der Waals surface area contributed by atoms with Gasteiger partial charge in [0.05, 0.1) is 0 Å². The number of fused-ring (bicyclic) bond motifs is 2. The SMILES string of the molecule is CN1CCc2cc(N3CC[C@H](N(OC=O)S(=O)(=O)c4cc5ccc(Cl)cc5s4)C3=O)ccc2C1. The van der Waals surface area contributed by atoms with Gasteiger partial charge in [0.15, 0.2) is 0 Å². The number of halogens is 1. The van der Waals surface area contributed by atoms with Crippen molar-refractivity contribution in [3.05, 3.63) is 58.6 Å². The molecule has 0 N–H and O–H groups in total. The lowest BCUT2D eigenvalue weighted by molar-refractivity contribution is -0.160. The van der Waals surface area contributed by atoms with E-state index in [9.17, 15) is 18.0 Å². The predicted octanol–water partition coefficient (Wildman–Crippen LogP) is 3.43. The van der Waals surface area contributed by atoms with Gasteiger partial charge in [-0.3, -0.25) is 9.59 Å². The van der Waals surface area contributed by atoms with Gasteiger partial charge in [0, 0.05) is 35.0 Å². The molecule has 0 aliphatic carbocycles. The highest BCUT2D eigenvalue weighted by Crippen LogP contribution is 2.35. The highest BCUT2D eigenvalue weighted by molar-refractivity contribution is 7.91. The molecule has 178 valence electrons. The van der Waals surface area contributed by atoms with Crippen LogP contribution in [0.3, 0.4) is 0 Å². The number of anilines is 1. The second-order valence-electron chi connectivity index (χ2n) is 8.44. The van der Waals surface area contributed by atoms with Crippen LogP contribution in [0.5, 0.6) is 0 Å². The topological polar surface area (TPSA) is 87.2 Å². The van der Waals surface area contributed by atoms with Crippen LogP contribution in [0.25, 0.3) is 10.1 Å². The van der Waals surface area contributed by atoms with Crippen LogP contribution < -0.4 is 4.90 Å². The van der Waals surface area contributed by atoms with E-state index in [0.29, 0.717) is 26.1 Å². The second-order valence-corrected chi connectivity index (χ2v) is 12.0. The molecular formula is C23H22ClN3O5S2. The molecule has 2 aliphatic heterocycles. The van der Waals surface area contributed by atoms with Gasteiger partial charge in [-0.2, -0.15) is 0 Å². The van der Waals surface area contributed by atoms with Crippen molar-refractivity contribution < 1.29 is 22.8 Å². The summed E-state index contributed by atoms with van der Waals surface area (Å²) in [5, 5.41) is 1.18. The van der Waals surface area contributed by atoms with E-state index >= 15 is 0 Å². The second kappa shape index (κ2) is 8.94. The standard InChI is InChI=1S/C23H22ClN3O5S2/c1-25-8-6-15-10-19(5-3-17(15)13-25)26-9-7-20(23(26)29)27(32-14-28)34(30,31)22-11-16-2-4-18(24)12-21(16)33-22/h2-5,10-12,14,20H,6-9,13H2,1H3/t20-/m0/s1. The third kappa shape index (κ3) is 4.09. The highest BCUT2D eigenvalue weighted by atomic mass is 35.5. The maximum absolute atomic E-state index is 13.4. The Bertz CT molecular complexity index is 1390. The minimum absolute atomic E-state index is 0.0317. The van der Waals surface area contributed by atoms with Crippen molar-refractivity contribution in [2.24, 2.45) is 0 Å². The number of carbonyl (C=O) groups excluding carboxylic acids is 2. The molecule has 3 heterocycles. The lowest BCUT2D eigenvalue weighted by atomic mass is 9.99. The number of hydrogen-bond donors (Lipinski definition) is 0. The minimum Gasteiger partial charge on any atom is -0.355 e. The van der Waals surface area contributed by atoms with Gasteiger partial charge in [0.2, 0.25) is 5.91 Å². The van der Waals surface area contributed by atoms with E-state index in [4.69, 9.17) is 16.4 Å². The van der Waals surface area contributed by atoms with Gasteiger partial charge in [0.1, 0.15) is 10.3 Å². The molecule has 0 spiro atoms. The number of sulfonamides is 1. The summed E-state index contributed by atoms with van der Waals surface area (Å²) in [6.45, 7) is 2.14. The molecule has 0 bridgehead atoms. The molecule has 34 heavy (non-hydrogen) atoms. The fraction of sp³-hybridized carbons (Fsp3) is 0.304. The summed E-state index contributed by atoms with van der Waals surface area (Å²) in [7, 11) is -2.21. The van der Waals surface area contributed by atoms with Gasteiger partial charge in [0.25, 0.3) is 10.0 Å². The summed E-state index contributed by atoms with van der Waals surface area (Å²) < 4.78 is 28.0. The van der Waals surface area contributed by atoms with Crippen LogP contribution in [0.15, 0.2) is 46.7 Å². The zero-order valence-electron chi connectivity index (χ0n) is 18.3. The van der Waals surface area contributed by atoms with Crippen molar-refractivity contribution in [2.45, 2.75) is 29.6 Å². The fourth-order valence-corrected chi connectivity index (χ4v) is 7.62. The number of benzene rings is 2. The Morgan fingerprint density at radius 3 is 2.76 bits per heavy atom. The normalized spacial score (nSPS) is 19.1. The van der Waals surface area contributed by atoms with Gasteiger partial charge < -0.3 is 14.6 Å². The Morgan fingerprint density at radius 1 is 1.15 bits per heavy atom. The molecule has 8 nitrogen and oxygen atoms in total. The zero-order chi connectivity index (χ0) is 24.0. The fourth-order valence-electron chi connectivity index (χ4n) is 4.50. The largest absolute Gasteiger partial charge is 0.355 e. The molecule has 0 radical (unpaired) electrons. The molecule has 5 rings (SSSR count). The van der Waals surface area contributed by atoms with E-state index in [2.05, 4.69) is 11.9 Å². The molecule has 3 aromatic rings. The summed E-state index contributed by atoms with van der Waals surface area (Å²) in [5.41, 5.74) is 3.12. The van der Waals surface area contributed by atoms with Crippen LogP contribution in [-0.4, -0.2) is 56.3 Å². The van der Waals surface area contributed by atoms with Crippen LogP contribution in [0.4, 0.5) is 5.69 Å². The first-order valence-corrected chi connectivity index (χ1v) is 13.4. The summed E-state index contributed by atoms with van der Waals surface area (Å²) in [6.07, 6.45) is 1.08. The van der Waals surface area contributed by atoms with Crippen LogP contribution >= 0.6 is 22.9 Å². The van der Waals surface area contributed by atoms with E-state index < -0.39 is 22.0 Å². The van der Waals surface area contributed by atoms with E-state index in [0.717, 1.165) is 36.5 Å². The Kier molecular flexibility index (Phi) is 6.11. The maximum atomic E-state index is 13.4. The van der Waals surface area contributed by atoms with Gasteiger partial charge in [-0.1, -0.05) is 23.7 Å². The van der Waals surface area contributed by atoms with Crippen molar-refractivity contribution in [1.82, 2.24) is 9.37 Å². The third-order valence-corrected chi connectivity index (χ3v) is 9.68. The van der Waals surface area contributed by atoms with Crippen molar-refractivity contribution in [3.63, 3.8) is 0 Å². The summed E-state index contributed by atoms with van der Waals surface area (Å²) in [5.74, 6) is -0.428. The number of nitrogens with zero attached hydrogens (tertiary/aromatic N) is 3. The molecule has 1 saturated heterocycles. The number of amides is 1. The molecule has 0 unspecified atom stereocenters. The summed E-state index contributed by atoms with van der Waals surface area (Å²) >= 11 is 7.03. The molecule has 1 atom stereocenters. The van der Waals surface area contributed by atoms with Gasteiger partial charge in [-0.25, -0.2) is 8.42 Å². The van der Waals surface area contributed by atoms with Crippen molar-refractivity contribution >= 4 is 61.1 Å². The van der Waals surface area contributed by atoms with Crippen molar-refractivity contribution in [2.75, 3.05) is 25.0 Å². The van der Waals surface area contributed by atoms with E-state index in [1.54, 1.807) is 23.1 Å². The van der Waals surface area contributed by atoms with Crippen LogP contribution in [0.2, 0.25) is 5.02 Å². The molecule has 0 saturated carbocycles. The monoisotopic (exact) mass is 519 g/mol. The smallest absolute Gasteiger partial charge is 0.314 e. The van der Waals surface area contributed by atoms with Gasteiger partial charge >= 0.3 is 6.47 Å². The van der Waals surface area contributed by atoms with Gasteiger partial charge in [-0.15, -0.1) is 11.3 Å². The van der Waals surface area contributed by atoms with Crippen LogP contribution in [0, 0.1) is 0 Å². The summed E-state index contributed by atoms with van der Waals surface area (Å²) in [6, 6.07) is 11.3. The Balaban J connectivity index is 1.44. The van der Waals surface area contributed by atoms with Crippen LogP contribution in [0.1, 0.15) is 17.5 Å². The highest BCUT2D eigenvalue weighted by Gasteiger charge is 2.45. The minimum atomic E-state index is -4.28. The quantitative estimate of drug-likeness (QED) is 0.366. The molecule has 2 aromatic carbocycles. The summed E-state index contributed by atoms with van der Waals surface area (Å²) in [4.78, 5) is 33.3. The number of rotatable bonds is 6. The number of likely N-dealkylation sites (N-methyl/N-ethyl adjacent to an activating group) is 1. The lowest BCUT2D eigenvalue weighted by Gasteiger charge is -2.27. The lowest BCUT2D eigenvalue weighted by Crippen LogP contribution is -2.45. The zero-order valence-corrected chi connectivity index (χ0v) is 20.7. The molecule has 11 heteroatoms. The average Bonchev–Trinajstić information content (AvgIpc) is 3.40. The molecule has 2 aliphatic rings. The Hall–Kier alpha value is -2.50. The first kappa shape index (κ1) is 23.3. The molecular weight excluding hydrogens is 498 g/mol. The van der Waals surface area contributed by atoms with Crippen LogP contribution in [-0.2, 0) is 37.4 Å². The Morgan fingerprint density at radius 2 is 1.97 bits per heavy atom. The van der Waals surface area contributed by atoms with E-state index in [1.807, 2.05) is 18.2 Å². The van der Waals surface area contributed by atoms with E-state index in [-0.39, 0.29) is 17.1 Å². The number of hydrogen-bond acceptors (Lipinski definition) is 7. The predicted molar refractivity (Wildman–Crippen MR) is 130 cm³/mol. The first-order chi connectivity index (χ1) is 16.3. The van der Waals surface area contributed by atoms with E-state index in [1.165, 1.54) is 17.2 Å². The molecule has 1 aromatic heterocycles. The number of thiophene rings is 1. The number of carbonyl (C=O) groups is 2. The van der Waals surface area contributed by atoms with Crippen molar-refractivity contribution in [3.8, 4) is 0 Å². The molecule has 1 amide bonds. The number of hydroxylamine groups is 1. The third-order valence-electron chi connectivity index (χ3n) is 6.23. The first-order valence-electron chi connectivity index (χ1n) is 10.7. The van der Waals surface area contributed by atoms with Gasteiger partial charge in [-0.05, 0) is 71.2 Å².